The highest BCUT2D eigenvalue weighted by Crippen LogP contribution is 2.27. The lowest BCUT2D eigenvalue weighted by molar-refractivity contribution is -0.121. The summed E-state index contributed by atoms with van der Waals surface area (Å²) in [7, 11) is 0. The van der Waals surface area contributed by atoms with Gasteiger partial charge in [-0.3, -0.25) is 9.59 Å². The Morgan fingerprint density at radius 2 is 2.24 bits per heavy atom. The molecule has 0 saturated carbocycles. The summed E-state index contributed by atoms with van der Waals surface area (Å²) in [5.74, 6) is -0.576. The molecule has 1 fully saturated rings. The molecule has 1 aliphatic rings. The Morgan fingerprint density at radius 1 is 1.53 bits per heavy atom. The molecule has 1 saturated heterocycles. The first kappa shape index (κ1) is 11.9. The third kappa shape index (κ3) is 2.12. The topological polar surface area (TPSA) is 89.4 Å². The third-order valence-corrected chi connectivity index (χ3v) is 4.06. The van der Waals surface area contributed by atoms with Gasteiger partial charge < -0.3 is 16.4 Å². The largest absolute Gasteiger partial charge is 0.398 e. The zero-order valence-electron chi connectivity index (χ0n) is 9.60. The highest BCUT2D eigenvalue weighted by Gasteiger charge is 2.33. The summed E-state index contributed by atoms with van der Waals surface area (Å²) >= 11 is 1.35. The first-order valence-electron chi connectivity index (χ1n) is 5.47. The molecule has 2 amide bonds. The van der Waals surface area contributed by atoms with Crippen LogP contribution < -0.4 is 11.5 Å². The maximum atomic E-state index is 12.2. The number of anilines is 1. The van der Waals surface area contributed by atoms with Crippen LogP contribution >= 0.6 is 11.3 Å². The number of hydrogen-bond acceptors (Lipinski definition) is 4. The number of thiophene rings is 1. The molecule has 0 bridgehead atoms. The van der Waals surface area contributed by atoms with Crippen LogP contribution in [0.2, 0.25) is 0 Å². The lowest BCUT2D eigenvalue weighted by Crippen LogP contribution is -2.43. The van der Waals surface area contributed by atoms with Crippen LogP contribution in [0.1, 0.15) is 27.4 Å². The molecule has 6 heteroatoms. The van der Waals surface area contributed by atoms with Gasteiger partial charge in [-0.2, -0.15) is 0 Å². The van der Waals surface area contributed by atoms with Crippen molar-refractivity contribution < 1.29 is 9.59 Å². The summed E-state index contributed by atoms with van der Waals surface area (Å²) in [4.78, 5) is 26.5. The molecule has 1 aromatic heterocycles. The number of rotatable bonds is 2. The average molecular weight is 253 g/mol. The minimum absolute atomic E-state index is 0.142. The van der Waals surface area contributed by atoms with Crippen molar-refractivity contribution in [1.82, 2.24) is 4.90 Å². The van der Waals surface area contributed by atoms with Gasteiger partial charge in [-0.1, -0.05) is 0 Å². The fraction of sp³-hybridized carbons (Fsp3) is 0.455. The van der Waals surface area contributed by atoms with Crippen molar-refractivity contribution in [1.29, 1.82) is 0 Å². The normalized spacial score (nSPS) is 19.6. The maximum Gasteiger partial charge on any atom is 0.264 e. The predicted molar refractivity (Wildman–Crippen MR) is 66.7 cm³/mol. The van der Waals surface area contributed by atoms with Gasteiger partial charge in [-0.15, -0.1) is 11.3 Å². The fourth-order valence-corrected chi connectivity index (χ4v) is 2.95. The minimum atomic E-state index is -0.467. The smallest absolute Gasteiger partial charge is 0.264 e. The van der Waals surface area contributed by atoms with Crippen molar-refractivity contribution in [3.05, 3.63) is 15.8 Å². The molecule has 1 atom stereocenters. The summed E-state index contributed by atoms with van der Waals surface area (Å²) < 4.78 is 0. The molecule has 2 rings (SSSR count). The van der Waals surface area contributed by atoms with Crippen molar-refractivity contribution in [2.24, 2.45) is 5.73 Å². The molecule has 0 aliphatic carbocycles. The molecule has 92 valence electrons. The second kappa shape index (κ2) is 4.37. The summed E-state index contributed by atoms with van der Waals surface area (Å²) in [5, 5.41) is 0. The van der Waals surface area contributed by atoms with E-state index >= 15 is 0 Å². The van der Waals surface area contributed by atoms with Gasteiger partial charge >= 0.3 is 0 Å². The molecular formula is C11H15N3O2S. The number of carbonyl (C=O) groups excluding carboxylic acids is 2. The summed E-state index contributed by atoms with van der Waals surface area (Å²) in [6.07, 6.45) is 1.47. The Morgan fingerprint density at radius 3 is 2.76 bits per heavy atom. The van der Waals surface area contributed by atoms with E-state index in [9.17, 15) is 9.59 Å². The maximum absolute atomic E-state index is 12.2. The van der Waals surface area contributed by atoms with Gasteiger partial charge in [0, 0.05) is 17.1 Å². The number of carbonyl (C=O) groups is 2. The fourth-order valence-electron chi connectivity index (χ4n) is 2.05. The van der Waals surface area contributed by atoms with Gasteiger partial charge in [0.2, 0.25) is 5.91 Å². The average Bonchev–Trinajstić information content (AvgIpc) is 2.85. The zero-order valence-corrected chi connectivity index (χ0v) is 10.4. The number of primary amides is 1. The van der Waals surface area contributed by atoms with Crippen LogP contribution in [0.4, 0.5) is 5.69 Å². The van der Waals surface area contributed by atoms with Crippen LogP contribution in [-0.4, -0.2) is 29.3 Å². The van der Waals surface area contributed by atoms with Gasteiger partial charge in [0.1, 0.15) is 6.04 Å². The van der Waals surface area contributed by atoms with E-state index in [1.807, 2.05) is 6.92 Å². The number of hydrogen-bond donors (Lipinski definition) is 2. The van der Waals surface area contributed by atoms with Crippen LogP contribution in [0, 0.1) is 6.92 Å². The first-order chi connectivity index (χ1) is 8.00. The van der Waals surface area contributed by atoms with Crippen LogP contribution in [-0.2, 0) is 4.79 Å². The van der Waals surface area contributed by atoms with E-state index < -0.39 is 11.9 Å². The molecule has 1 unspecified atom stereocenters. The number of aryl methyl sites for hydroxylation is 1. The van der Waals surface area contributed by atoms with Crippen LogP contribution in [0.3, 0.4) is 0 Å². The van der Waals surface area contributed by atoms with E-state index in [1.54, 1.807) is 11.0 Å². The third-order valence-electron chi connectivity index (χ3n) is 3.01. The number of nitrogens with zero attached hydrogens (tertiary/aromatic N) is 1. The van der Waals surface area contributed by atoms with Crippen molar-refractivity contribution in [3.63, 3.8) is 0 Å². The Bertz CT molecular complexity index is 450. The summed E-state index contributed by atoms with van der Waals surface area (Å²) in [6.45, 7) is 2.45. The van der Waals surface area contributed by atoms with Crippen LogP contribution in [0.25, 0.3) is 0 Å². The SMILES string of the molecule is Cc1sc(C(=O)N2CCCC2C(N)=O)cc1N. The van der Waals surface area contributed by atoms with Crippen LogP contribution in [0.15, 0.2) is 6.07 Å². The Labute approximate surface area is 103 Å². The second-order valence-corrected chi connectivity index (χ2v) is 5.44. The number of nitrogen functional groups attached to an aromatic ring is 1. The molecule has 1 aromatic rings. The van der Waals surface area contributed by atoms with Gasteiger partial charge in [-0.25, -0.2) is 0 Å². The van der Waals surface area contributed by atoms with E-state index in [2.05, 4.69) is 0 Å². The molecule has 17 heavy (non-hydrogen) atoms. The molecule has 2 heterocycles. The Kier molecular flexibility index (Phi) is 3.06. The van der Waals surface area contributed by atoms with Crippen molar-refractivity contribution in [2.45, 2.75) is 25.8 Å². The molecule has 0 aromatic carbocycles. The lowest BCUT2D eigenvalue weighted by atomic mass is 10.2. The van der Waals surface area contributed by atoms with Gasteiger partial charge in [0.25, 0.3) is 5.91 Å². The number of nitrogens with two attached hydrogens (primary N) is 2. The molecule has 4 N–H and O–H groups in total. The van der Waals surface area contributed by atoms with E-state index in [-0.39, 0.29) is 5.91 Å². The van der Waals surface area contributed by atoms with E-state index in [4.69, 9.17) is 11.5 Å². The predicted octanol–water partition coefficient (Wildman–Crippen LogP) is 0.729. The number of amides is 2. The highest BCUT2D eigenvalue weighted by atomic mass is 32.1. The quantitative estimate of drug-likeness (QED) is 0.814. The molecular weight excluding hydrogens is 238 g/mol. The molecule has 1 aliphatic heterocycles. The van der Waals surface area contributed by atoms with Crippen molar-refractivity contribution >= 4 is 28.8 Å². The molecule has 0 spiro atoms. The standard InChI is InChI=1S/C11H15N3O2S/c1-6-7(12)5-9(17-6)11(16)14-4-2-3-8(14)10(13)15/h5,8H,2-4,12H2,1H3,(H2,13,15). The first-order valence-corrected chi connectivity index (χ1v) is 6.28. The highest BCUT2D eigenvalue weighted by molar-refractivity contribution is 7.14. The minimum Gasteiger partial charge on any atom is -0.398 e. The lowest BCUT2D eigenvalue weighted by Gasteiger charge is -2.21. The Balaban J connectivity index is 2.22. The van der Waals surface area contributed by atoms with E-state index in [1.165, 1.54) is 11.3 Å². The van der Waals surface area contributed by atoms with Crippen LogP contribution in [0.5, 0.6) is 0 Å². The number of likely N-dealkylation sites (tertiary alicyclic amines) is 1. The van der Waals surface area contributed by atoms with E-state index in [0.29, 0.717) is 23.5 Å². The molecule has 5 nitrogen and oxygen atoms in total. The van der Waals surface area contributed by atoms with E-state index in [0.717, 1.165) is 11.3 Å². The van der Waals surface area contributed by atoms with Gasteiger partial charge in [-0.05, 0) is 25.8 Å². The van der Waals surface area contributed by atoms with Gasteiger partial charge in [0.05, 0.1) is 4.88 Å². The van der Waals surface area contributed by atoms with Crippen molar-refractivity contribution in [3.8, 4) is 0 Å². The van der Waals surface area contributed by atoms with Gasteiger partial charge in [0.15, 0.2) is 0 Å². The summed E-state index contributed by atoms with van der Waals surface area (Å²) in [6, 6.07) is 1.20. The summed E-state index contributed by atoms with van der Waals surface area (Å²) in [5.41, 5.74) is 11.6. The molecule has 0 radical (unpaired) electrons. The Hall–Kier alpha value is -1.56. The monoisotopic (exact) mass is 253 g/mol. The zero-order chi connectivity index (χ0) is 12.6. The van der Waals surface area contributed by atoms with Crippen molar-refractivity contribution in [2.75, 3.05) is 12.3 Å². The second-order valence-electron chi connectivity index (χ2n) is 4.18.